The largest absolute Gasteiger partial charge is 0.375 e. The summed E-state index contributed by atoms with van der Waals surface area (Å²) in [5.74, 6) is 0. The summed E-state index contributed by atoms with van der Waals surface area (Å²) in [6.07, 6.45) is 3.78. The predicted octanol–water partition coefficient (Wildman–Crippen LogP) is 2.98. The Morgan fingerprint density at radius 1 is 1.20 bits per heavy atom. The second kappa shape index (κ2) is 7.30. The maximum absolute atomic E-state index is 6.39. The summed E-state index contributed by atoms with van der Waals surface area (Å²) in [6, 6.07) is 7.13. The second-order valence-electron chi connectivity index (χ2n) is 6.01. The smallest absolute Gasteiger partial charge is 0.0471 e. The second-order valence-corrected chi connectivity index (χ2v) is 6.42. The molecule has 0 amide bonds. The molecule has 1 fully saturated rings. The SMILES string of the molecule is CN(C)CCCN(C)c1ccc(CNC2CC2)c(Cl)c1. The predicted molar refractivity (Wildman–Crippen MR) is 87.8 cm³/mol. The lowest BCUT2D eigenvalue weighted by Gasteiger charge is -2.21. The van der Waals surface area contributed by atoms with Gasteiger partial charge in [0.15, 0.2) is 0 Å². The Labute approximate surface area is 127 Å². The van der Waals surface area contributed by atoms with E-state index in [-0.39, 0.29) is 0 Å². The highest BCUT2D eigenvalue weighted by Gasteiger charge is 2.20. The molecule has 2 rings (SSSR count). The van der Waals surface area contributed by atoms with Gasteiger partial charge in [-0.25, -0.2) is 0 Å². The summed E-state index contributed by atoms with van der Waals surface area (Å²) in [5.41, 5.74) is 2.40. The van der Waals surface area contributed by atoms with Crippen LogP contribution in [0.5, 0.6) is 0 Å². The van der Waals surface area contributed by atoms with Crippen molar-refractivity contribution in [1.82, 2.24) is 10.2 Å². The van der Waals surface area contributed by atoms with Gasteiger partial charge >= 0.3 is 0 Å². The molecule has 3 nitrogen and oxygen atoms in total. The van der Waals surface area contributed by atoms with Gasteiger partial charge < -0.3 is 15.1 Å². The molecule has 1 aliphatic carbocycles. The summed E-state index contributed by atoms with van der Waals surface area (Å²) in [5, 5.41) is 4.38. The van der Waals surface area contributed by atoms with Crippen molar-refractivity contribution in [3.8, 4) is 0 Å². The van der Waals surface area contributed by atoms with Gasteiger partial charge in [-0.15, -0.1) is 0 Å². The number of hydrogen-bond acceptors (Lipinski definition) is 3. The van der Waals surface area contributed by atoms with Crippen LogP contribution in [-0.2, 0) is 6.54 Å². The maximum atomic E-state index is 6.39. The van der Waals surface area contributed by atoms with Crippen molar-refractivity contribution in [2.75, 3.05) is 39.1 Å². The van der Waals surface area contributed by atoms with E-state index >= 15 is 0 Å². The lowest BCUT2D eigenvalue weighted by Crippen LogP contribution is -2.23. The number of benzene rings is 1. The normalized spacial score (nSPS) is 14.8. The Balaban J connectivity index is 1.86. The first-order valence-corrected chi connectivity index (χ1v) is 7.81. The average molecular weight is 296 g/mol. The van der Waals surface area contributed by atoms with Gasteiger partial charge in [-0.3, -0.25) is 0 Å². The number of halogens is 1. The molecule has 1 N–H and O–H groups in total. The van der Waals surface area contributed by atoms with Crippen molar-refractivity contribution >= 4 is 17.3 Å². The Kier molecular flexibility index (Phi) is 5.70. The van der Waals surface area contributed by atoms with Gasteiger partial charge in [0.05, 0.1) is 0 Å². The molecule has 0 heterocycles. The van der Waals surface area contributed by atoms with Crippen molar-refractivity contribution in [3.63, 3.8) is 0 Å². The minimum atomic E-state index is 0.722. The Hall–Kier alpha value is -0.770. The highest BCUT2D eigenvalue weighted by atomic mass is 35.5. The number of nitrogens with one attached hydrogen (secondary N) is 1. The summed E-state index contributed by atoms with van der Waals surface area (Å²) in [4.78, 5) is 4.49. The molecule has 0 radical (unpaired) electrons. The molecule has 0 spiro atoms. The summed E-state index contributed by atoms with van der Waals surface area (Å²) < 4.78 is 0. The average Bonchev–Trinajstić information content (AvgIpc) is 3.20. The van der Waals surface area contributed by atoms with E-state index < -0.39 is 0 Å². The molecule has 0 aliphatic heterocycles. The quantitative estimate of drug-likeness (QED) is 0.795. The van der Waals surface area contributed by atoms with Crippen LogP contribution < -0.4 is 10.2 Å². The van der Waals surface area contributed by atoms with Gasteiger partial charge in [0.1, 0.15) is 0 Å². The van der Waals surface area contributed by atoms with E-state index in [0.29, 0.717) is 0 Å². The number of nitrogens with zero attached hydrogens (tertiary/aromatic N) is 2. The number of rotatable bonds is 8. The molecular formula is C16H26ClN3. The van der Waals surface area contributed by atoms with Crippen LogP contribution in [0.3, 0.4) is 0 Å². The zero-order chi connectivity index (χ0) is 14.5. The summed E-state index contributed by atoms with van der Waals surface area (Å²) in [6.45, 7) is 3.05. The fraction of sp³-hybridized carbons (Fsp3) is 0.625. The van der Waals surface area contributed by atoms with Crippen LogP contribution in [0.4, 0.5) is 5.69 Å². The van der Waals surface area contributed by atoms with E-state index in [1.165, 1.54) is 24.1 Å². The fourth-order valence-corrected chi connectivity index (χ4v) is 2.45. The molecule has 1 aliphatic rings. The topological polar surface area (TPSA) is 18.5 Å². The van der Waals surface area contributed by atoms with Gasteiger partial charge in [-0.1, -0.05) is 17.7 Å². The molecule has 112 valence electrons. The molecule has 0 aromatic heterocycles. The van der Waals surface area contributed by atoms with Crippen molar-refractivity contribution in [1.29, 1.82) is 0 Å². The molecular weight excluding hydrogens is 270 g/mol. The molecule has 1 saturated carbocycles. The molecule has 20 heavy (non-hydrogen) atoms. The highest BCUT2D eigenvalue weighted by Crippen LogP contribution is 2.25. The Morgan fingerprint density at radius 3 is 2.55 bits per heavy atom. The zero-order valence-corrected chi connectivity index (χ0v) is 13.6. The van der Waals surface area contributed by atoms with Gasteiger partial charge in [-0.2, -0.15) is 0 Å². The molecule has 1 aromatic carbocycles. The van der Waals surface area contributed by atoms with Crippen molar-refractivity contribution in [2.24, 2.45) is 0 Å². The Morgan fingerprint density at radius 2 is 1.95 bits per heavy atom. The number of anilines is 1. The van der Waals surface area contributed by atoms with Crippen LogP contribution in [0.15, 0.2) is 18.2 Å². The van der Waals surface area contributed by atoms with Crippen molar-refractivity contribution in [2.45, 2.75) is 31.8 Å². The van der Waals surface area contributed by atoms with Crippen molar-refractivity contribution < 1.29 is 0 Å². The van der Waals surface area contributed by atoms with Crippen LogP contribution in [0.1, 0.15) is 24.8 Å². The third kappa shape index (κ3) is 4.97. The minimum Gasteiger partial charge on any atom is -0.375 e. The fourth-order valence-electron chi connectivity index (χ4n) is 2.21. The zero-order valence-electron chi connectivity index (χ0n) is 12.8. The van der Waals surface area contributed by atoms with Gasteiger partial charge in [0, 0.05) is 36.9 Å². The van der Waals surface area contributed by atoms with Gasteiger partial charge in [0.2, 0.25) is 0 Å². The third-order valence-electron chi connectivity index (χ3n) is 3.73. The van der Waals surface area contributed by atoms with E-state index in [9.17, 15) is 0 Å². The number of hydrogen-bond donors (Lipinski definition) is 1. The molecule has 1 aromatic rings. The van der Waals surface area contributed by atoms with Crippen LogP contribution in [-0.4, -0.2) is 45.2 Å². The summed E-state index contributed by atoms with van der Waals surface area (Å²) >= 11 is 6.39. The van der Waals surface area contributed by atoms with Gasteiger partial charge in [-0.05, 0) is 57.6 Å². The van der Waals surface area contributed by atoms with Crippen LogP contribution in [0, 0.1) is 0 Å². The molecule has 0 atom stereocenters. The highest BCUT2D eigenvalue weighted by molar-refractivity contribution is 6.31. The van der Waals surface area contributed by atoms with Crippen LogP contribution in [0.2, 0.25) is 5.02 Å². The van der Waals surface area contributed by atoms with E-state index in [1.807, 2.05) is 0 Å². The lowest BCUT2D eigenvalue weighted by atomic mass is 10.2. The van der Waals surface area contributed by atoms with E-state index in [4.69, 9.17) is 11.6 Å². The Bertz CT molecular complexity index is 430. The maximum Gasteiger partial charge on any atom is 0.0471 e. The van der Waals surface area contributed by atoms with Crippen molar-refractivity contribution in [3.05, 3.63) is 28.8 Å². The molecule has 0 bridgehead atoms. The third-order valence-corrected chi connectivity index (χ3v) is 4.09. The van der Waals surface area contributed by atoms with Gasteiger partial charge in [0.25, 0.3) is 0 Å². The summed E-state index contributed by atoms with van der Waals surface area (Å²) in [7, 11) is 6.35. The van der Waals surface area contributed by atoms with Crippen LogP contribution >= 0.6 is 11.6 Å². The van der Waals surface area contributed by atoms with E-state index in [1.54, 1.807) is 0 Å². The standard InChI is InChI=1S/C16H26ClN3/c1-19(2)9-4-10-20(3)15-8-5-13(16(17)11-15)12-18-14-6-7-14/h5,8,11,14,18H,4,6-7,9-10,12H2,1-3H3. The first-order valence-electron chi connectivity index (χ1n) is 7.44. The first kappa shape index (κ1) is 15.6. The first-order chi connectivity index (χ1) is 9.56. The van der Waals surface area contributed by atoms with E-state index in [2.05, 4.69) is 54.5 Å². The molecule has 4 heteroatoms. The monoisotopic (exact) mass is 295 g/mol. The molecule has 0 saturated heterocycles. The van der Waals surface area contributed by atoms with Crippen LogP contribution in [0.25, 0.3) is 0 Å². The lowest BCUT2D eigenvalue weighted by molar-refractivity contribution is 0.401. The molecule has 0 unspecified atom stereocenters. The van der Waals surface area contributed by atoms with E-state index in [0.717, 1.165) is 37.1 Å². The minimum absolute atomic E-state index is 0.722.